The van der Waals surface area contributed by atoms with Gasteiger partial charge in [0.1, 0.15) is 11.4 Å². The summed E-state index contributed by atoms with van der Waals surface area (Å²) in [6, 6.07) is 31.2. The van der Waals surface area contributed by atoms with Crippen molar-refractivity contribution in [2.75, 3.05) is 12.3 Å². The van der Waals surface area contributed by atoms with Crippen LogP contribution in [-0.2, 0) is 4.79 Å². The molecular formula is C30H27ClN2O2S2. The zero-order valence-corrected chi connectivity index (χ0v) is 22.5. The largest absolute Gasteiger partial charge is 0.354 e. The fourth-order valence-electron chi connectivity index (χ4n) is 4.74. The van der Waals surface area contributed by atoms with Crippen LogP contribution in [0.3, 0.4) is 0 Å². The number of thiophene rings is 1. The molecule has 1 fully saturated rings. The standard InChI is InChI=1S/C30H27ClN2O2S2/c31-25-15-8-7-14-24(25)29(35)33-26(20-37-30(33)27-16-9-19-36-27)28(34)32-18-17-23(21-10-3-1-4-11-21)22-12-5-2-6-13-22/h1-16,19,23,26,30H,17-18,20H2,(H,32,34). The van der Waals surface area contributed by atoms with Gasteiger partial charge in [-0.2, -0.15) is 0 Å². The van der Waals surface area contributed by atoms with Gasteiger partial charge < -0.3 is 10.2 Å². The normalized spacial score (nSPS) is 17.2. The number of nitrogens with zero attached hydrogens (tertiary/aromatic N) is 1. The Balaban J connectivity index is 1.33. The summed E-state index contributed by atoms with van der Waals surface area (Å²) >= 11 is 9.59. The van der Waals surface area contributed by atoms with Crippen LogP contribution in [0.4, 0.5) is 0 Å². The van der Waals surface area contributed by atoms with E-state index < -0.39 is 6.04 Å². The topological polar surface area (TPSA) is 49.4 Å². The van der Waals surface area contributed by atoms with Crippen LogP contribution >= 0.6 is 34.7 Å². The van der Waals surface area contributed by atoms with Crippen LogP contribution in [0.2, 0.25) is 5.02 Å². The molecule has 4 aromatic rings. The Morgan fingerprint density at radius 2 is 1.54 bits per heavy atom. The van der Waals surface area contributed by atoms with Crippen molar-refractivity contribution in [3.8, 4) is 0 Å². The van der Waals surface area contributed by atoms with Gasteiger partial charge in [0.15, 0.2) is 0 Å². The van der Waals surface area contributed by atoms with Crippen LogP contribution in [0, 0.1) is 0 Å². The van der Waals surface area contributed by atoms with Crippen LogP contribution in [0.15, 0.2) is 102 Å². The first-order valence-electron chi connectivity index (χ1n) is 12.2. The molecule has 1 aliphatic rings. The molecule has 0 bridgehead atoms. The molecule has 1 aromatic heterocycles. The number of rotatable bonds is 8. The van der Waals surface area contributed by atoms with Gasteiger partial charge in [-0.15, -0.1) is 23.1 Å². The molecule has 0 aliphatic carbocycles. The molecule has 2 heterocycles. The molecule has 2 unspecified atom stereocenters. The molecule has 1 saturated heterocycles. The minimum Gasteiger partial charge on any atom is -0.354 e. The quantitative estimate of drug-likeness (QED) is 0.259. The zero-order chi connectivity index (χ0) is 25.6. The van der Waals surface area contributed by atoms with Crippen molar-refractivity contribution in [1.29, 1.82) is 0 Å². The first kappa shape index (κ1) is 25.6. The highest BCUT2D eigenvalue weighted by Crippen LogP contribution is 2.44. The predicted octanol–water partition coefficient (Wildman–Crippen LogP) is 7.00. The third-order valence-electron chi connectivity index (χ3n) is 6.56. The molecule has 1 aliphatic heterocycles. The number of carbonyl (C=O) groups is 2. The van der Waals surface area contributed by atoms with E-state index in [1.165, 1.54) is 11.1 Å². The molecule has 0 spiro atoms. The molecule has 0 radical (unpaired) electrons. The molecule has 7 heteroatoms. The summed E-state index contributed by atoms with van der Waals surface area (Å²) in [6.07, 6.45) is 0.756. The van der Waals surface area contributed by atoms with Gasteiger partial charge in [0.25, 0.3) is 5.91 Å². The fourth-order valence-corrected chi connectivity index (χ4v) is 7.35. The van der Waals surface area contributed by atoms with E-state index in [0.29, 0.717) is 22.9 Å². The van der Waals surface area contributed by atoms with E-state index in [1.54, 1.807) is 52.3 Å². The van der Waals surface area contributed by atoms with Gasteiger partial charge in [-0.25, -0.2) is 0 Å². The van der Waals surface area contributed by atoms with Crippen LogP contribution < -0.4 is 5.32 Å². The Kier molecular flexibility index (Phi) is 8.29. The molecule has 5 rings (SSSR count). The summed E-state index contributed by atoms with van der Waals surface area (Å²) in [5.41, 5.74) is 2.85. The minimum absolute atomic E-state index is 0.133. The van der Waals surface area contributed by atoms with E-state index in [1.807, 2.05) is 53.9 Å². The Morgan fingerprint density at radius 3 is 2.16 bits per heavy atom. The second kappa shape index (κ2) is 12.0. The number of thioether (sulfide) groups is 1. The third-order valence-corrected chi connectivity index (χ3v) is 9.27. The number of carbonyl (C=O) groups excluding carboxylic acids is 2. The lowest BCUT2D eigenvalue weighted by molar-refractivity contribution is -0.124. The van der Waals surface area contributed by atoms with Gasteiger partial charge in [-0.05, 0) is 41.1 Å². The van der Waals surface area contributed by atoms with Crippen molar-refractivity contribution in [2.24, 2.45) is 0 Å². The third kappa shape index (κ3) is 5.77. The predicted molar refractivity (Wildman–Crippen MR) is 153 cm³/mol. The van der Waals surface area contributed by atoms with Gasteiger partial charge in [0, 0.05) is 23.1 Å². The summed E-state index contributed by atoms with van der Waals surface area (Å²) in [6.45, 7) is 0.506. The second-order valence-corrected chi connectivity index (χ2v) is 11.4. The first-order valence-corrected chi connectivity index (χ1v) is 14.5. The molecule has 188 valence electrons. The zero-order valence-electron chi connectivity index (χ0n) is 20.1. The van der Waals surface area contributed by atoms with Gasteiger partial charge in [-0.1, -0.05) is 90.5 Å². The lowest BCUT2D eigenvalue weighted by Crippen LogP contribution is -2.48. The number of halogens is 1. The molecule has 0 saturated carbocycles. The van der Waals surface area contributed by atoms with Crippen LogP contribution in [-0.4, -0.2) is 35.1 Å². The monoisotopic (exact) mass is 546 g/mol. The number of nitrogens with one attached hydrogen (secondary N) is 1. The van der Waals surface area contributed by atoms with Crippen LogP contribution in [0.5, 0.6) is 0 Å². The number of hydrogen-bond acceptors (Lipinski definition) is 4. The molecule has 2 atom stereocenters. The van der Waals surface area contributed by atoms with E-state index in [9.17, 15) is 9.59 Å². The molecule has 1 N–H and O–H groups in total. The average Bonchev–Trinajstić information content (AvgIpc) is 3.62. The van der Waals surface area contributed by atoms with Gasteiger partial charge in [0.05, 0.1) is 10.6 Å². The van der Waals surface area contributed by atoms with Crippen LogP contribution in [0.25, 0.3) is 0 Å². The Morgan fingerprint density at radius 1 is 0.892 bits per heavy atom. The Labute approximate surface area is 230 Å². The average molecular weight is 547 g/mol. The second-order valence-electron chi connectivity index (χ2n) is 8.86. The number of benzene rings is 3. The maximum atomic E-state index is 13.7. The Bertz CT molecular complexity index is 1290. The maximum Gasteiger partial charge on any atom is 0.257 e. The van der Waals surface area contributed by atoms with Gasteiger partial charge in [0.2, 0.25) is 5.91 Å². The van der Waals surface area contributed by atoms with Crippen molar-refractivity contribution < 1.29 is 9.59 Å². The Hall–Kier alpha value is -3.06. The van der Waals surface area contributed by atoms with Crippen LogP contribution in [0.1, 0.15) is 44.1 Å². The van der Waals surface area contributed by atoms with Crippen molar-refractivity contribution in [1.82, 2.24) is 10.2 Å². The lowest BCUT2D eigenvalue weighted by atomic mass is 9.88. The molecule has 4 nitrogen and oxygen atoms in total. The lowest BCUT2D eigenvalue weighted by Gasteiger charge is -2.29. The highest BCUT2D eigenvalue weighted by Gasteiger charge is 2.43. The summed E-state index contributed by atoms with van der Waals surface area (Å²) < 4.78 is 0. The molecule has 37 heavy (non-hydrogen) atoms. The molecule has 2 amide bonds. The van der Waals surface area contributed by atoms with Crippen molar-refractivity contribution in [3.05, 3.63) is 129 Å². The van der Waals surface area contributed by atoms with Crippen molar-refractivity contribution in [2.45, 2.75) is 23.8 Å². The first-order chi connectivity index (χ1) is 18.1. The highest BCUT2D eigenvalue weighted by atomic mass is 35.5. The van der Waals surface area contributed by atoms with Crippen molar-refractivity contribution in [3.63, 3.8) is 0 Å². The van der Waals surface area contributed by atoms with E-state index in [4.69, 9.17) is 11.6 Å². The number of hydrogen-bond donors (Lipinski definition) is 1. The van der Waals surface area contributed by atoms with E-state index in [-0.39, 0.29) is 23.1 Å². The van der Waals surface area contributed by atoms with Gasteiger partial charge in [-0.3, -0.25) is 9.59 Å². The number of amides is 2. The fraction of sp³-hybridized carbons (Fsp3) is 0.200. The minimum atomic E-state index is -0.576. The van der Waals surface area contributed by atoms with E-state index in [0.717, 1.165) is 11.3 Å². The summed E-state index contributed by atoms with van der Waals surface area (Å²) in [5.74, 6) is 0.346. The van der Waals surface area contributed by atoms with E-state index >= 15 is 0 Å². The smallest absolute Gasteiger partial charge is 0.257 e. The van der Waals surface area contributed by atoms with Gasteiger partial charge >= 0.3 is 0 Å². The summed E-state index contributed by atoms with van der Waals surface area (Å²) in [5, 5.41) is 5.30. The van der Waals surface area contributed by atoms with Crippen molar-refractivity contribution >= 4 is 46.5 Å². The molecular weight excluding hydrogens is 520 g/mol. The highest BCUT2D eigenvalue weighted by molar-refractivity contribution is 7.99. The SMILES string of the molecule is O=C(NCCC(c1ccccc1)c1ccccc1)C1CSC(c2cccs2)N1C(=O)c1ccccc1Cl. The molecule has 3 aromatic carbocycles. The summed E-state index contributed by atoms with van der Waals surface area (Å²) in [4.78, 5) is 29.9. The maximum absolute atomic E-state index is 13.7. The van der Waals surface area contributed by atoms with E-state index in [2.05, 4.69) is 29.6 Å². The summed E-state index contributed by atoms with van der Waals surface area (Å²) in [7, 11) is 0.